The molecule has 1 fully saturated rings. The van der Waals surface area contributed by atoms with E-state index in [4.69, 9.17) is 9.57 Å². The molecule has 2 amide bonds. The molecule has 2 N–H and O–H groups in total. The van der Waals surface area contributed by atoms with Gasteiger partial charge in [0.25, 0.3) is 11.8 Å². The Morgan fingerprint density at radius 3 is 2.72 bits per heavy atom. The van der Waals surface area contributed by atoms with Crippen LogP contribution in [0, 0.1) is 0 Å². The second kappa shape index (κ2) is 11.7. The minimum absolute atomic E-state index is 0.119. The lowest BCUT2D eigenvalue weighted by atomic mass is 10.0. The number of aryl methyl sites for hydroxylation is 1. The maximum absolute atomic E-state index is 13.1. The van der Waals surface area contributed by atoms with Gasteiger partial charge in [-0.25, -0.2) is 19.3 Å². The summed E-state index contributed by atoms with van der Waals surface area (Å²) >= 11 is 3.79. The topological polar surface area (TPSA) is 191 Å². The Hall–Kier alpha value is -3.51. The number of carbonyl (C=O) groups excluding carboxylic acids is 3. The summed E-state index contributed by atoms with van der Waals surface area (Å²) in [6.45, 7) is 4.57. The molecule has 0 spiro atoms. The van der Waals surface area contributed by atoms with Crippen molar-refractivity contribution < 1.29 is 33.9 Å². The second-order valence-corrected chi connectivity index (χ2v) is 11.9. The maximum Gasteiger partial charge on any atom is 0.352 e. The van der Waals surface area contributed by atoms with E-state index < -0.39 is 47.4 Å². The molecule has 2 aliphatic heterocycles. The first kappa shape index (κ1) is 28.5. The molecule has 2 aromatic rings. The van der Waals surface area contributed by atoms with Crippen molar-refractivity contribution in [1.29, 1.82) is 0 Å². The number of fused-ring (bicyclic) bond motifs is 1. The number of carbonyl (C=O) groups is 4. The fourth-order valence-electron chi connectivity index (χ4n) is 3.55. The van der Waals surface area contributed by atoms with Gasteiger partial charge in [0.1, 0.15) is 28.4 Å². The van der Waals surface area contributed by atoms with Gasteiger partial charge in [0.15, 0.2) is 5.71 Å². The summed E-state index contributed by atoms with van der Waals surface area (Å²) in [5.41, 5.74) is 1.13. The molecule has 0 bridgehead atoms. The average Bonchev–Trinajstić information content (AvgIpc) is 3.53. The standard InChI is InChI=1S/C21H24N8O7S3/c1-21(2,3)36-12(30)5-35-25-13(11-8-37-9-22-11)16(31)23-14-17(32)29-15(19(33)34)10(6-38-18(14)29)7-39-20-24-26-27-28(20)4/h8-9,14,18H,5-7H2,1-4H3,(H,23,31)(H,33,34)/b25-13+. The largest absolute Gasteiger partial charge is 0.477 e. The van der Waals surface area contributed by atoms with Crippen LogP contribution in [0.15, 0.2) is 32.5 Å². The predicted octanol–water partition coefficient (Wildman–Crippen LogP) is 0.260. The summed E-state index contributed by atoms with van der Waals surface area (Å²) in [6, 6.07) is -0.997. The molecule has 39 heavy (non-hydrogen) atoms. The van der Waals surface area contributed by atoms with Crippen LogP contribution in [0.5, 0.6) is 0 Å². The SMILES string of the molecule is Cn1nnnc1SCC1=C(C(=O)O)N2C(=O)C(NC(=O)/C(=N/OCC(=O)OC(C)(C)C)c3cscn3)C2SC1. The minimum atomic E-state index is -1.25. The zero-order chi connectivity index (χ0) is 28.3. The molecular weight excluding hydrogens is 572 g/mol. The summed E-state index contributed by atoms with van der Waals surface area (Å²) in [6.07, 6.45) is 0. The molecule has 2 aliphatic rings. The fraction of sp³-hybridized carbons (Fsp3) is 0.476. The highest BCUT2D eigenvalue weighted by atomic mass is 32.2. The van der Waals surface area contributed by atoms with Crippen molar-refractivity contribution in [3.05, 3.63) is 27.9 Å². The molecule has 0 aromatic carbocycles. The molecule has 0 saturated carbocycles. The molecule has 18 heteroatoms. The third-order valence-electron chi connectivity index (χ3n) is 5.14. The first-order valence-corrected chi connectivity index (χ1v) is 14.3. The normalized spacial score (nSPS) is 19.3. The van der Waals surface area contributed by atoms with E-state index in [-0.39, 0.29) is 22.9 Å². The van der Waals surface area contributed by atoms with Gasteiger partial charge >= 0.3 is 11.9 Å². The lowest BCUT2D eigenvalue weighted by Gasteiger charge is -2.49. The maximum atomic E-state index is 13.1. The van der Waals surface area contributed by atoms with Crippen LogP contribution in [-0.2, 0) is 35.8 Å². The number of nitrogens with one attached hydrogen (secondary N) is 1. The smallest absolute Gasteiger partial charge is 0.352 e. The van der Waals surface area contributed by atoms with Crippen LogP contribution in [0.2, 0.25) is 0 Å². The fourth-order valence-corrected chi connectivity index (χ4v) is 6.43. The van der Waals surface area contributed by atoms with E-state index in [2.05, 4.69) is 31.0 Å². The molecule has 0 radical (unpaired) electrons. The van der Waals surface area contributed by atoms with E-state index >= 15 is 0 Å². The third-order valence-corrected chi connectivity index (χ3v) is 8.16. The molecule has 15 nitrogen and oxygen atoms in total. The number of rotatable bonds is 10. The number of hydrogen-bond acceptors (Lipinski definition) is 14. The second-order valence-electron chi connectivity index (χ2n) is 9.17. The Balaban J connectivity index is 1.44. The van der Waals surface area contributed by atoms with E-state index in [1.807, 2.05) is 0 Å². The minimum Gasteiger partial charge on any atom is -0.477 e. The van der Waals surface area contributed by atoms with Crippen molar-refractivity contribution in [2.75, 3.05) is 18.1 Å². The quantitative estimate of drug-likeness (QED) is 0.125. The summed E-state index contributed by atoms with van der Waals surface area (Å²) in [5.74, 6) is -2.66. The number of aliphatic carboxylic acids is 1. The number of oxime groups is 1. The van der Waals surface area contributed by atoms with E-state index in [0.29, 0.717) is 16.5 Å². The van der Waals surface area contributed by atoms with Crippen LogP contribution in [0.3, 0.4) is 0 Å². The molecule has 0 aliphatic carbocycles. The molecule has 208 valence electrons. The lowest BCUT2D eigenvalue weighted by molar-refractivity contribution is -0.160. The van der Waals surface area contributed by atoms with E-state index in [1.54, 1.807) is 33.2 Å². The van der Waals surface area contributed by atoms with E-state index in [1.165, 1.54) is 50.0 Å². The number of hydrogen-bond donors (Lipinski definition) is 2. The van der Waals surface area contributed by atoms with Crippen LogP contribution < -0.4 is 5.32 Å². The third kappa shape index (κ3) is 6.56. The Morgan fingerprint density at radius 1 is 1.33 bits per heavy atom. The van der Waals surface area contributed by atoms with Crippen molar-refractivity contribution in [2.24, 2.45) is 12.2 Å². The van der Waals surface area contributed by atoms with Crippen molar-refractivity contribution in [3.8, 4) is 0 Å². The Labute approximate surface area is 234 Å². The van der Waals surface area contributed by atoms with Crippen molar-refractivity contribution in [2.45, 2.75) is 42.9 Å². The number of nitrogens with zero attached hydrogens (tertiary/aromatic N) is 7. The van der Waals surface area contributed by atoms with Gasteiger partial charge in [0, 0.05) is 23.9 Å². The molecular formula is C21H24N8O7S3. The molecule has 2 aromatic heterocycles. The Morgan fingerprint density at radius 2 is 2.10 bits per heavy atom. The number of β-lactam (4-membered cyclic amide) rings is 1. The average molecular weight is 597 g/mol. The van der Waals surface area contributed by atoms with E-state index in [0.717, 1.165) is 0 Å². The predicted molar refractivity (Wildman–Crippen MR) is 140 cm³/mol. The highest BCUT2D eigenvalue weighted by molar-refractivity contribution is 8.01. The molecule has 4 rings (SSSR count). The molecule has 1 saturated heterocycles. The Bertz CT molecular complexity index is 1340. The first-order chi connectivity index (χ1) is 18.5. The number of tetrazole rings is 1. The Kier molecular flexibility index (Phi) is 8.55. The number of thiazole rings is 1. The van der Waals surface area contributed by atoms with Gasteiger partial charge in [0.2, 0.25) is 11.8 Å². The zero-order valence-electron chi connectivity index (χ0n) is 21.2. The van der Waals surface area contributed by atoms with Crippen LogP contribution >= 0.6 is 34.9 Å². The zero-order valence-corrected chi connectivity index (χ0v) is 23.6. The number of carboxylic acids is 1. The van der Waals surface area contributed by atoms with E-state index in [9.17, 15) is 24.3 Å². The van der Waals surface area contributed by atoms with Crippen LogP contribution in [0.4, 0.5) is 0 Å². The van der Waals surface area contributed by atoms with Gasteiger partial charge in [-0.3, -0.25) is 14.5 Å². The number of ether oxygens (including phenoxy) is 1. The summed E-state index contributed by atoms with van der Waals surface area (Å²) in [5, 5.41) is 28.9. The first-order valence-electron chi connectivity index (χ1n) is 11.3. The van der Waals surface area contributed by atoms with Gasteiger partial charge < -0.3 is 20.0 Å². The number of amides is 2. The van der Waals surface area contributed by atoms with Crippen molar-refractivity contribution >= 4 is 64.3 Å². The van der Waals surface area contributed by atoms with Gasteiger partial charge in [0.05, 0.1) is 5.51 Å². The van der Waals surface area contributed by atoms with Crippen molar-refractivity contribution in [3.63, 3.8) is 0 Å². The lowest BCUT2D eigenvalue weighted by Crippen LogP contribution is -2.71. The number of thioether (sulfide) groups is 2. The number of aromatic nitrogens is 5. The summed E-state index contributed by atoms with van der Waals surface area (Å²) in [4.78, 5) is 60.5. The summed E-state index contributed by atoms with van der Waals surface area (Å²) in [7, 11) is 1.67. The van der Waals surface area contributed by atoms with Crippen LogP contribution in [-0.4, -0.2) is 99.8 Å². The molecule has 2 unspecified atom stereocenters. The number of esters is 1. The number of carboxylic acid groups (broad SMARTS) is 1. The highest BCUT2D eigenvalue weighted by Crippen LogP contribution is 2.41. The van der Waals surface area contributed by atoms with Crippen LogP contribution in [0.1, 0.15) is 26.5 Å². The van der Waals surface area contributed by atoms with Crippen LogP contribution in [0.25, 0.3) is 0 Å². The van der Waals surface area contributed by atoms with Gasteiger partial charge in [-0.15, -0.1) is 28.2 Å². The van der Waals surface area contributed by atoms with Gasteiger partial charge in [-0.05, 0) is 36.8 Å². The summed E-state index contributed by atoms with van der Waals surface area (Å²) < 4.78 is 6.61. The van der Waals surface area contributed by atoms with Gasteiger partial charge in [-0.1, -0.05) is 16.9 Å². The molecule has 4 heterocycles. The molecule has 2 atom stereocenters. The highest BCUT2D eigenvalue weighted by Gasteiger charge is 2.54. The van der Waals surface area contributed by atoms with Crippen molar-refractivity contribution in [1.82, 2.24) is 35.4 Å². The van der Waals surface area contributed by atoms with Gasteiger partial charge in [-0.2, -0.15) is 0 Å². The monoisotopic (exact) mass is 596 g/mol.